The van der Waals surface area contributed by atoms with E-state index >= 15 is 0 Å². The Morgan fingerprint density at radius 1 is 1.44 bits per heavy atom. The third kappa shape index (κ3) is 3.56. The second-order valence-corrected chi connectivity index (χ2v) is 5.33. The van der Waals surface area contributed by atoms with E-state index in [1.54, 1.807) is 11.3 Å². The number of rotatable bonds is 4. The van der Waals surface area contributed by atoms with E-state index in [4.69, 9.17) is 9.47 Å². The lowest BCUT2D eigenvalue weighted by molar-refractivity contribution is -0.252. The molecule has 16 heavy (non-hydrogen) atoms. The molecule has 90 valence electrons. The van der Waals surface area contributed by atoms with Crippen LogP contribution < -0.4 is 5.32 Å². The molecule has 0 atom stereocenters. The molecule has 0 spiro atoms. The van der Waals surface area contributed by atoms with Crippen LogP contribution in [0.3, 0.4) is 0 Å². The predicted octanol–water partition coefficient (Wildman–Crippen LogP) is 2.03. The quantitative estimate of drug-likeness (QED) is 0.875. The van der Waals surface area contributed by atoms with Gasteiger partial charge in [-0.25, -0.2) is 0 Å². The van der Waals surface area contributed by atoms with Crippen LogP contribution in [-0.2, 0) is 15.9 Å². The van der Waals surface area contributed by atoms with Crippen LogP contribution in [0.4, 0.5) is 0 Å². The lowest BCUT2D eigenvalue weighted by atomic mass is 10.2. The summed E-state index contributed by atoms with van der Waals surface area (Å²) in [7, 11) is 0. The van der Waals surface area contributed by atoms with Crippen molar-refractivity contribution in [3.8, 4) is 0 Å². The van der Waals surface area contributed by atoms with Crippen molar-refractivity contribution in [2.45, 2.75) is 32.1 Å². The zero-order valence-electron chi connectivity index (χ0n) is 9.86. The molecule has 4 heteroatoms. The molecule has 0 amide bonds. The van der Waals surface area contributed by atoms with Gasteiger partial charge in [-0.3, -0.25) is 0 Å². The fraction of sp³-hybridized carbons (Fsp3) is 0.667. The van der Waals surface area contributed by atoms with Gasteiger partial charge >= 0.3 is 0 Å². The standard InChI is InChI=1S/C12H19NO2S/c1-12(2)14-7-11(8-15-12)13-5-3-10-4-6-16-9-10/h4,6,9,11,13H,3,5,7-8H2,1-2H3. The maximum Gasteiger partial charge on any atom is 0.162 e. The van der Waals surface area contributed by atoms with Crippen LogP contribution in [0.25, 0.3) is 0 Å². The fourth-order valence-corrected chi connectivity index (χ4v) is 2.37. The second kappa shape index (κ2) is 5.27. The second-order valence-electron chi connectivity index (χ2n) is 4.55. The summed E-state index contributed by atoms with van der Waals surface area (Å²) in [4.78, 5) is 0. The summed E-state index contributed by atoms with van der Waals surface area (Å²) >= 11 is 1.75. The van der Waals surface area contributed by atoms with Gasteiger partial charge in [-0.2, -0.15) is 11.3 Å². The molecule has 0 saturated carbocycles. The Morgan fingerprint density at radius 2 is 2.19 bits per heavy atom. The van der Waals surface area contributed by atoms with Gasteiger partial charge < -0.3 is 14.8 Å². The van der Waals surface area contributed by atoms with E-state index in [1.165, 1.54) is 5.56 Å². The van der Waals surface area contributed by atoms with Gasteiger partial charge in [0.25, 0.3) is 0 Å². The monoisotopic (exact) mass is 241 g/mol. The van der Waals surface area contributed by atoms with E-state index in [0.717, 1.165) is 26.2 Å². The van der Waals surface area contributed by atoms with Crippen LogP contribution in [0.2, 0.25) is 0 Å². The first-order valence-electron chi connectivity index (χ1n) is 5.68. The molecule has 1 aliphatic heterocycles. The maximum absolute atomic E-state index is 5.58. The van der Waals surface area contributed by atoms with Crippen molar-refractivity contribution in [3.63, 3.8) is 0 Å². The van der Waals surface area contributed by atoms with Crippen LogP contribution in [0.15, 0.2) is 16.8 Å². The van der Waals surface area contributed by atoms with Gasteiger partial charge in [-0.1, -0.05) is 0 Å². The smallest absolute Gasteiger partial charge is 0.162 e. The topological polar surface area (TPSA) is 30.5 Å². The average Bonchev–Trinajstić information content (AvgIpc) is 2.73. The molecule has 3 nitrogen and oxygen atoms in total. The number of nitrogens with one attached hydrogen (secondary N) is 1. The molecule has 1 aliphatic rings. The van der Waals surface area contributed by atoms with Crippen molar-refractivity contribution in [1.29, 1.82) is 0 Å². The Balaban J connectivity index is 1.64. The van der Waals surface area contributed by atoms with Crippen molar-refractivity contribution in [3.05, 3.63) is 22.4 Å². The molecule has 2 heterocycles. The third-order valence-electron chi connectivity index (χ3n) is 2.69. The third-order valence-corrected chi connectivity index (χ3v) is 3.42. The van der Waals surface area contributed by atoms with Gasteiger partial charge in [-0.05, 0) is 49.2 Å². The van der Waals surface area contributed by atoms with Crippen molar-refractivity contribution < 1.29 is 9.47 Å². The highest BCUT2D eigenvalue weighted by atomic mass is 32.1. The molecule has 0 bridgehead atoms. The summed E-state index contributed by atoms with van der Waals surface area (Å²) in [5.74, 6) is -0.411. The first kappa shape index (κ1) is 12.0. The molecule has 0 unspecified atom stereocenters. The van der Waals surface area contributed by atoms with Crippen molar-refractivity contribution in [1.82, 2.24) is 5.32 Å². The van der Waals surface area contributed by atoms with E-state index in [-0.39, 0.29) is 0 Å². The van der Waals surface area contributed by atoms with Crippen molar-refractivity contribution in [2.24, 2.45) is 0 Å². The van der Waals surface area contributed by atoms with Crippen LogP contribution in [0, 0.1) is 0 Å². The molecule has 0 aromatic carbocycles. The average molecular weight is 241 g/mol. The molecule has 2 rings (SSSR count). The molecular weight excluding hydrogens is 222 g/mol. The number of hydrogen-bond donors (Lipinski definition) is 1. The van der Waals surface area contributed by atoms with Gasteiger partial charge in [0.05, 0.1) is 19.3 Å². The van der Waals surface area contributed by atoms with E-state index in [2.05, 4.69) is 22.1 Å². The molecule has 0 radical (unpaired) electrons. The SMILES string of the molecule is CC1(C)OCC(NCCc2ccsc2)CO1. The lowest BCUT2D eigenvalue weighted by Gasteiger charge is -2.35. The summed E-state index contributed by atoms with van der Waals surface area (Å²) < 4.78 is 11.2. The van der Waals surface area contributed by atoms with Crippen LogP contribution in [0.5, 0.6) is 0 Å². The maximum atomic E-state index is 5.58. The lowest BCUT2D eigenvalue weighted by Crippen LogP contribution is -2.48. The Labute approximate surface area is 101 Å². The van der Waals surface area contributed by atoms with E-state index < -0.39 is 5.79 Å². The fourth-order valence-electron chi connectivity index (χ4n) is 1.67. The largest absolute Gasteiger partial charge is 0.349 e. The van der Waals surface area contributed by atoms with E-state index in [0.29, 0.717) is 6.04 Å². The highest BCUT2D eigenvalue weighted by molar-refractivity contribution is 7.07. The Bertz CT molecular complexity index is 301. The van der Waals surface area contributed by atoms with Gasteiger partial charge in [0.2, 0.25) is 0 Å². The van der Waals surface area contributed by atoms with Gasteiger partial charge in [-0.15, -0.1) is 0 Å². The zero-order chi connectivity index (χ0) is 11.4. The van der Waals surface area contributed by atoms with Gasteiger partial charge in [0, 0.05) is 0 Å². The summed E-state index contributed by atoms with van der Waals surface area (Å²) in [6.07, 6.45) is 1.07. The normalized spacial score (nSPS) is 21.1. The minimum atomic E-state index is -0.411. The number of ether oxygens (including phenoxy) is 2. The predicted molar refractivity (Wildman–Crippen MR) is 65.8 cm³/mol. The molecule has 1 aromatic heterocycles. The first-order chi connectivity index (χ1) is 7.66. The van der Waals surface area contributed by atoms with Gasteiger partial charge in [0.1, 0.15) is 0 Å². The molecule has 1 fully saturated rings. The minimum absolute atomic E-state index is 0.326. The molecule has 1 aromatic rings. The molecule has 1 N–H and O–H groups in total. The van der Waals surface area contributed by atoms with E-state index in [9.17, 15) is 0 Å². The Kier molecular flexibility index (Phi) is 3.97. The number of thiophene rings is 1. The molecular formula is C12H19NO2S. The minimum Gasteiger partial charge on any atom is -0.349 e. The van der Waals surface area contributed by atoms with Crippen molar-refractivity contribution in [2.75, 3.05) is 19.8 Å². The van der Waals surface area contributed by atoms with Crippen LogP contribution in [0.1, 0.15) is 19.4 Å². The van der Waals surface area contributed by atoms with Gasteiger partial charge in [0.15, 0.2) is 5.79 Å². The molecule has 0 aliphatic carbocycles. The zero-order valence-corrected chi connectivity index (χ0v) is 10.7. The summed E-state index contributed by atoms with van der Waals surface area (Å²) in [6, 6.07) is 2.50. The Hall–Kier alpha value is -0.420. The highest BCUT2D eigenvalue weighted by Crippen LogP contribution is 2.16. The van der Waals surface area contributed by atoms with Crippen LogP contribution in [-0.4, -0.2) is 31.6 Å². The summed E-state index contributed by atoms with van der Waals surface area (Å²) in [5.41, 5.74) is 1.40. The summed E-state index contributed by atoms with van der Waals surface area (Å²) in [6.45, 7) is 6.35. The summed E-state index contributed by atoms with van der Waals surface area (Å²) in [5, 5.41) is 7.76. The Morgan fingerprint density at radius 3 is 2.81 bits per heavy atom. The van der Waals surface area contributed by atoms with Crippen LogP contribution >= 0.6 is 11.3 Å². The first-order valence-corrected chi connectivity index (χ1v) is 6.62. The van der Waals surface area contributed by atoms with Crippen molar-refractivity contribution >= 4 is 11.3 Å². The molecule has 1 saturated heterocycles. The number of hydrogen-bond acceptors (Lipinski definition) is 4. The highest BCUT2D eigenvalue weighted by Gasteiger charge is 2.27. The van der Waals surface area contributed by atoms with E-state index in [1.807, 2.05) is 13.8 Å².